The van der Waals surface area contributed by atoms with Crippen molar-refractivity contribution in [2.45, 2.75) is 45.1 Å². The van der Waals surface area contributed by atoms with E-state index in [2.05, 4.69) is 15.2 Å². The van der Waals surface area contributed by atoms with E-state index in [9.17, 15) is 9.59 Å². The maximum absolute atomic E-state index is 13.5. The van der Waals surface area contributed by atoms with Crippen molar-refractivity contribution in [3.63, 3.8) is 0 Å². The van der Waals surface area contributed by atoms with E-state index in [1.54, 1.807) is 10.9 Å². The third kappa shape index (κ3) is 4.43. The fourth-order valence-electron chi connectivity index (χ4n) is 5.91. The van der Waals surface area contributed by atoms with Gasteiger partial charge in [0, 0.05) is 52.4 Å². The molecule has 0 radical (unpaired) electrons. The zero-order chi connectivity index (χ0) is 22.7. The summed E-state index contributed by atoms with van der Waals surface area (Å²) >= 11 is 0. The first-order valence-corrected chi connectivity index (χ1v) is 11.9. The van der Waals surface area contributed by atoms with E-state index in [-0.39, 0.29) is 24.3 Å². The minimum absolute atomic E-state index is 0.0376. The normalized spacial score (nSPS) is 28.9. The molecule has 1 saturated carbocycles. The van der Waals surface area contributed by atoms with Crippen LogP contribution < -0.4 is 5.32 Å². The Hall–Kier alpha value is -1.97. The van der Waals surface area contributed by atoms with Crippen LogP contribution in [-0.2, 0) is 16.6 Å². The number of fused-ring (bicyclic) bond motifs is 1. The van der Waals surface area contributed by atoms with Crippen LogP contribution >= 0.6 is 0 Å². The van der Waals surface area contributed by atoms with E-state index >= 15 is 0 Å². The van der Waals surface area contributed by atoms with Gasteiger partial charge in [-0.3, -0.25) is 14.5 Å². The lowest BCUT2D eigenvalue weighted by molar-refractivity contribution is -0.143. The molecule has 3 aliphatic rings. The molecule has 32 heavy (non-hydrogen) atoms. The monoisotopic (exact) mass is 447 g/mol. The van der Waals surface area contributed by atoms with E-state index in [0.29, 0.717) is 37.8 Å². The van der Waals surface area contributed by atoms with Crippen LogP contribution in [0.4, 0.5) is 0 Å². The highest BCUT2D eigenvalue weighted by Gasteiger charge is 2.53. The van der Waals surface area contributed by atoms with Gasteiger partial charge in [0.2, 0.25) is 5.91 Å². The number of aryl methyl sites for hydroxylation is 2. The Morgan fingerprint density at radius 3 is 2.75 bits per heavy atom. The van der Waals surface area contributed by atoms with E-state index in [0.717, 1.165) is 57.7 Å². The van der Waals surface area contributed by atoms with Crippen LogP contribution in [0.2, 0.25) is 0 Å². The minimum atomic E-state index is -0.571. The SMILES string of the molecule is Cc1ncn(C)c1C(=O)N1CC[C@@H]2C[C@@H](N3CCOCC3)CC[C@@]2(C(=O)NCCCO)C1. The molecule has 1 aromatic heterocycles. The molecule has 2 saturated heterocycles. The van der Waals surface area contributed by atoms with Crippen molar-refractivity contribution in [1.82, 2.24) is 24.7 Å². The highest BCUT2D eigenvalue weighted by Crippen LogP contribution is 2.48. The van der Waals surface area contributed by atoms with Crippen molar-refractivity contribution in [1.29, 1.82) is 0 Å². The number of nitrogens with one attached hydrogen (secondary N) is 1. The van der Waals surface area contributed by atoms with Crippen LogP contribution in [0.15, 0.2) is 6.33 Å². The smallest absolute Gasteiger partial charge is 0.272 e. The first-order valence-electron chi connectivity index (χ1n) is 11.9. The molecule has 9 heteroatoms. The van der Waals surface area contributed by atoms with E-state index < -0.39 is 5.41 Å². The molecule has 0 spiro atoms. The summed E-state index contributed by atoms with van der Waals surface area (Å²) < 4.78 is 7.30. The average molecular weight is 448 g/mol. The summed E-state index contributed by atoms with van der Waals surface area (Å²) in [6, 6.07) is 0.476. The molecule has 2 aliphatic heterocycles. The van der Waals surface area contributed by atoms with Crippen molar-refractivity contribution in [3.05, 3.63) is 17.7 Å². The molecule has 1 aromatic rings. The van der Waals surface area contributed by atoms with E-state index in [1.165, 1.54) is 0 Å². The number of carbonyl (C=O) groups is 2. The minimum Gasteiger partial charge on any atom is -0.396 e. The number of ether oxygens (including phenoxy) is 1. The number of likely N-dealkylation sites (tertiary alicyclic amines) is 1. The Morgan fingerprint density at radius 2 is 2.06 bits per heavy atom. The van der Waals surface area contributed by atoms with Crippen LogP contribution in [0.25, 0.3) is 0 Å². The molecule has 178 valence electrons. The highest BCUT2D eigenvalue weighted by atomic mass is 16.5. The number of nitrogens with zero attached hydrogens (tertiary/aromatic N) is 4. The van der Waals surface area contributed by atoms with Crippen LogP contribution in [0.1, 0.15) is 48.3 Å². The quantitative estimate of drug-likeness (QED) is 0.618. The van der Waals surface area contributed by atoms with Crippen LogP contribution in [0.5, 0.6) is 0 Å². The van der Waals surface area contributed by atoms with Gasteiger partial charge in [0.1, 0.15) is 5.69 Å². The Labute approximate surface area is 190 Å². The molecule has 1 aliphatic carbocycles. The van der Waals surface area contributed by atoms with Gasteiger partial charge >= 0.3 is 0 Å². The second-order valence-electron chi connectivity index (χ2n) is 9.57. The highest BCUT2D eigenvalue weighted by molar-refractivity contribution is 5.94. The summed E-state index contributed by atoms with van der Waals surface area (Å²) in [4.78, 5) is 35.6. The predicted molar refractivity (Wildman–Crippen MR) is 119 cm³/mol. The Kier molecular flexibility index (Phi) is 7.17. The summed E-state index contributed by atoms with van der Waals surface area (Å²) in [5.41, 5.74) is 0.747. The zero-order valence-electron chi connectivity index (χ0n) is 19.4. The van der Waals surface area contributed by atoms with Crippen molar-refractivity contribution >= 4 is 11.8 Å². The van der Waals surface area contributed by atoms with Gasteiger partial charge in [0.05, 0.1) is 30.7 Å². The number of aliphatic hydroxyl groups is 1. The van der Waals surface area contributed by atoms with Gasteiger partial charge in [-0.15, -0.1) is 0 Å². The number of aliphatic hydroxyl groups excluding tert-OH is 1. The zero-order valence-corrected chi connectivity index (χ0v) is 19.4. The molecule has 3 fully saturated rings. The summed E-state index contributed by atoms with van der Waals surface area (Å²) in [5, 5.41) is 12.2. The summed E-state index contributed by atoms with van der Waals surface area (Å²) in [7, 11) is 1.84. The Bertz CT molecular complexity index is 802. The third-order valence-electron chi connectivity index (χ3n) is 7.73. The third-order valence-corrected chi connectivity index (χ3v) is 7.73. The maximum atomic E-state index is 13.5. The number of imidazole rings is 1. The predicted octanol–water partition coefficient (Wildman–Crippen LogP) is 0.560. The van der Waals surface area contributed by atoms with Crippen molar-refractivity contribution in [2.75, 3.05) is 52.5 Å². The first kappa shape index (κ1) is 23.2. The van der Waals surface area contributed by atoms with Crippen LogP contribution in [0.3, 0.4) is 0 Å². The lowest BCUT2D eigenvalue weighted by atomic mass is 9.60. The number of hydrogen-bond acceptors (Lipinski definition) is 6. The second-order valence-corrected chi connectivity index (χ2v) is 9.57. The number of aromatic nitrogens is 2. The Morgan fingerprint density at radius 1 is 1.28 bits per heavy atom. The van der Waals surface area contributed by atoms with Gasteiger partial charge in [-0.2, -0.15) is 0 Å². The Balaban J connectivity index is 1.54. The molecule has 2 N–H and O–H groups in total. The largest absolute Gasteiger partial charge is 0.396 e. The van der Waals surface area contributed by atoms with Gasteiger partial charge in [0.25, 0.3) is 5.91 Å². The topological polar surface area (TPSA) is 99.9 Å². The molecule has 0 bridgehead atoms. The standard InChI is InChI=1S/C23H37N5O4/c1-17-20(26(2)16-25-17)21(30)28-8-5-18-14-19(27-9-12-32-13-10-27)4-6-23(18,15-28)22(31)24-7-3-11-29/h16,18-19,29H,3-15H2,1-2H3,(H,24,31)/t18-,19+,23-/m1/s1. The van der Waals surface area contributed by atoms with E-state index in [1.807, 2.05) is 18.9 Å². The average Bonchev–Trinajstić information content (AvgIpc) is 3.16. The van der Waals surface area contributed by atoms with Crippen LogP contribution in [-0.4, -0.2) is 94.9 Å². The van der Waals surface area contributed by atoms with Crippen molar-refractivity contribution in [2.24, 2.45) is 18.4 Å². The van der Waals surface area contributed by atoms with Crippen molar-refractivity contribution < 1.29 is 19.4 Å². The van der Waals surface area contributed by atoms with E-state index in [4.69, 9.17) is 9.84 Å². The number of piperidine rings is 1. The lowest BCUT2D eigenvalue weighted by Gasteiger charge is -2.53. The molecule has 2 amide bonds. The first-order chi connectivity index (χ1) is 15.5. The summed E-state index contributed by atoms with van der Waals surface area (Å²) in [5.74, 6) is 0.240. The molecular weight excluding hydrogens is 410 g/mol. The number of rotatable bonds is 6. The van der Waals surface area contributed by atoms with Gasteiger partial charge in [-0.1, -0.05) is 0 Å². The molecule has 4 rings (SSSR count). The summed E-state index contributed by atoms with van der Waals surface area (Å²) in [6.45, 7) is 6.95. The van der Waals surface area contributed by atoms with Gasteiger partial charge in [-0.05, 0) is 44.9 Å². The molecular formula is C23H37N5O4. The summed E-state index contributed by atoms with van der Waals surface area (Å²) in [6.07, 6.45) is 5.76. The molecule has 0 aromatic carbocycles. The lowest BCUT2D eigenvalue weighted by Crippen LogP contribution is -2.61. The number of carbonyl (C=O) groups excluding carboxylic acids is 2. The van der Waals surface area contributed by atoms with Gasteiger partial charge < -0.3 is 24.6 Å². The fraction of sp³-hybridized carbons (Fsp3) is 0.783. The fourth-order valence-corrected chi connectivity index (χ4v) is 5.91. The molecule has 3 heterocycles. The number of morpholine rings is 1. The number of hydrogen-bond donors (Lipinski definition) is 2. The molecule has 3 atom stereocenters. The maximum Gasteiger partial charge on any atom is 0.272 e. The van der Waals surface area contributed by atoms with Gasteiger partial charge in [-0.25, -0.2) is 4.98 Å². The van der Waals surface area contributed by atoms with Crippen molar-refractivity contribution in [3.8, 4) is 0 Å². The molecule has 0 unspecified atom stereocenters. The van der Waals surface area contributed by atoms with Crippen LogP contribution in [0, 0.1) is 18.3 Å². The molecule has 9 nitrogen and oxygen atoms in total. The van der Waals surface area contributed by atoms with Gasteiger partial charge in [0.15, 0.2) is 0 Å². The number of amides is 2. The second kappa shape index (κ2) is 9.89.